The van der Waals surface area contributed by atoms with Gasteiger partial charge in [0.2, 0.25) is 10.0 Å². The fourth-order valence-corrected chi connectivity index (χ4v) is 5.05. The smallest absolute Gasteiger partial charge is 0.217 e. The van der Waals surface area contributed by atoms with Crippen molar-refractivity contribution < 1.29 is 13.2 Å². The number of hydrogen-bond donors (Lipinski definition) is 1. The molecule has 2 fully saturated rings. The molecule has 0 spiro atoms. The van der Waals surface area contributed by atoms with Gasteiger partial charge in [-0.3, -0.25) is 0 Å². The van der Waals surface area contributed by atoms with E-state index in [4.69, 9.17) is 4.74 Å². The van der Waals surface area contributed by atoms with E-state index < -0.39 is 10.0 Å². The van der Waals surface area contributed by atoms with E-state index >= 15 is 0 Å². The lowest BCUT2D eigenvalue weighted by atomic mass is 10.2. The maximum atomic E-state index is 12.6. The van der Waals surface area contributed by atoms with Crippen LogP contribution in [0.15, 0.2) is 0 Å². The highest BCUT2D eigenvalue weighted by molar-refractivity contribution is 7.89. The number of piperazine rings is 1. The van der Waals surface area contributed by atoms with E-state index in [1.54, 1.807) is 4.31 Å². The molecule has 6 heteroatoms. The molecule has 2 aliphatic rings. The van der Waals surface area contributed by atoms with Gasteiger partial charge in [0.25, 0.3) is 0 Å². The van der Waals surface area contributed by atoms with Gasteiger partial charge in [0, 0.05) is 38.4 Å². The molecule has 0 bridgehead atoms. The lowest BCUT2D eigenvalue weighted by molar-refractivity contribution is 0.0956. The standard InChI is InChI=1S/C11H22N2O3S/c1-9-7-12-8-10(2)13(9)17(14,15)11-3-5-16-6-4-11/h9-12H,3-8H2,1-2H3. The molecule has 2 heterocycles. The van der Waals surface area contributed by atoms with E-state index in [9.17, 15) is 8.42 Å². The molecule has 1 N–H and O–H groups in total. The first-order valence-electron chi connectivity index (χ1n) is 6.34. The monoisotopic (exact) mass is 262 g/mol. The van der Waals surface area contributed by atoms with E-state index in [1.165, 1.54) is 0 Å². The summed E-state index contributed by atoms with van der Waals surface area (Å²) in [5.74, 6) is 0. The molecule has 0 aromatic rings. The summed E-state index contributed by atoms with van der Waals surface area (Å²) < 4.78 is 32.2. The average Bonchev–Trinajstić information content (AvgIpc) is 2.29. The maximum absolute atomic E-state index is 12.6. The van der Waals surface area contributed by atoms with Crippen molar-refractivity contribution in [2.45, 2.75) is 44.0 Å². The number of ether oxygens (including phenoxy) is 1. The Balaban J connectivity index is 2.17. The Morgan fingerprint density at radius 2 is 1.65 bits per heavy atom. The number of rotatable bonds is 2. The Labute approximate surface area is 104 Å². The van der Waals surface area contributed by atoms with Crippen molar-refractivity contribution in [2.24, 2.45) is 0 Å². The topological polar surface area (TPSA) is 58.6 Å². The third-order valence-electron chi connectivity index (χ3n) is 3.63. The highest BCUT2D eigenvalue weighted by Gasteiger charge is 2.39. The summed E-state index contributed by atoms with van der Waals surface area (Å²) in [6.45, 7) is 6.57. The molecule has 5 nitrogen and oxygen atoms in total. The van der Waals surface area contributed by atoms with Crippen LogP contribution in [0.3, 0.4) is 0 Å². The summed E-state index contributed by atoms with van der Waals surface area (Å²) >= 11 is 0. The Bertz CT molecular complexity index is 342. The molecule has 0 saturated carbocycles. The number of nitrogens with one attached hydrogen (secondary N) is 1. The third-order valence-corrected chi connectivity index (χ3v) is 6.25. The molecule has 2 unspecified atom stereocenters. The SMILES string of the molecule is CC1CNCC(C)N1S(=O)(=O)C1CCOCC1. The predicted molar refractivity (Wildman–Crippen MR) is 66.4 cm³/mol. The van der Waals surface area contributed by atoms with E-state index in [0.717, 1.165) is 13.1 Å². The van der Waals surface area contributed by atoms with E-state index in [1.807, 2.05) is 13.8 Å². The van der Waals surface area contributed by atoms with Crippen molar-refractivity contribution in [3.63, 3.8) is 0 Å². The Kier molecular flexibility index (Phi) is 4.07. The zero-order valence-electron chi connectivity index (χ0n) is 10.6. The molecule has 17 heavy (non-hydrogen) atoms. The summed E-state index contributed by atoms with van der Waals surface area (Å²) in [7, 11) is -3.17. The normalized spacial score (nSPS) is 33.8. The van der Waals surface area contributed by atoms with Crippen LogP contribution in [0.25, 0.3) is 0 Å². The Morgan fingerprint density at radius 3 is 2.18 bits per heavy atom. The van der Waals surface area contributed by atoms with Crippen molar-refractivity contribution in [1.82, 2.24) is 9.62 Å². The molecule has 0 aliphatic carbocycles. The van der Waals surface area contributed by atoms with Gasteiger partial charge in [-0.05, 0) is 26.7 Å². The fraction of sp³-hybridized carbons (Fsp3) is 1.00. The molecule has 100 valence electrons. The van der Waals surface area contributed by atoms with Gasteiger partial charge in [0.15, 0.2) is 0 Å². The van der Waals surface area contributed by atoms with Gasteiger partial charge in [-0.15, -0.1) is 0 Å². The van der Waals surface area contributed by atoms with Crippen molar-refractivity contribution in [3.8, 4) is 0 Å². The maximum Gasteiger partial charge on any atom is 0.217 e. The van der Waals surface area contributed by atoms with Crippen LogP contribution < -0.4 is 5.32 Å². The lowest BCUT2D eigenvalue weighted by Gasteiger charge is -2.40. The van der Waals surface area contributed by atoms with E-state index in [0.29, 0.717) is 26.1 Å². The summed E-state index contributed by atoms with van der Waals surface area (Å²) in [5.41, 5.74) is 0. The first-order valence-corrected chi connectivity index (χ1v) is 7.84. The summed E-state index contributed by atoms with van der Waals surface area (Å²) in [6, 6.07) is 0.0955. The van der Waals surface area contributed by atoms with Crippen molar-refractivity contribution >= 4 is 10.0 Å². The zero-order valence-corrected chi connectivity index (χ0v) is 11.4. The number of sulfonamides is 1. The van der Waals surface area contributed by atoms with Crippen LogP contribution in [0.1, 0.15) is 26.7 Å². The minimum Gasteiger partial charge on any atom is -0.381 e. The fourth-order valence-electron chi connectivity index (χ4n) is 2.76. The van der Waals surface area contributed by atoms with Gasteiger partial charge in [0.05, 0.1) is 5.25 Å². The van der Waals surface area contributed by atoms with Gasteiger partial charge in [0.1, 0.15) is 0 Å². The van der Waals surface area contributed by atoms with E-state index in [2.05, 4.69) is 5.32 Å². The van der Waals surface area contributed by atoms with Crippen LogP contribution in [-0.4, -0.2) is 56.4 Å². The minimum atomic E-state index is -3.17. The molecule has 0 amide bonds. The largest absolute Gasteiger partial charge is 0.381 e. The van der Waals surface area contributed by atoms with Gasteiger partial charge in [-0.1, -0.05) is 0 Å². The third kappa shape index (κ3) is 2.65. The van der Waals surface area contributed by atoms with Gasteiger partial charge >= 0.3 is 0 Å². The predicted octanol–water partition coefficient (Wildman–Crippen LogP) is 0.177. The van der Waals surface area contributed by atoms with Crippen LogP contribution in [0, 0.1) is 0 Å². The van der Waals surface area contributed by atoms with E-state index in [-0.39, 0.29) is 17.3 Å². The molecule has 2 saturated heterocycles. The Morgan fingerprint density at radius 1 is 1.12 bits per heavy atom. The van der Waals surface area contributed by atoms with Gasteiger partial charge in [-0.25, -0.2) is 8.42 Å². The number of nitrogens with zero attached hydrogens (tertiary/aromatic N) is 1. The summed E-state index contributed by atoms with van der Waals surface area (Å²) in [6.07, 6.45) is 1.26. The van der Waals surface area contributed by atoms with Crippen LogP contribution in [0.2, 0.25) is 0 Å². The van der Waals surface area contributed by atoms with Gasteiger partial charge in [-0.2, -0.15) is 4.31 Å². The Hall–Kier alpha value is -0.170. The molecular weight excluding hydrogens is 240 g/mol. The highest BCUT2D eigenvalue weighted by atomic mass is 32.2. The zero-order chi connectivity index (χ0) is 12.5. The van der Waals surface area contributed by atoms with Crippen molar-refractivity contribution in [3.05, 3.63) is 0 Å². The highest BCUT2D eigenvalue weighted by Crippen LogP contribution is 2.24. The first kappa shape index (κ1) is 13.3. The van der Waals surface area contributed by atoms with Crippen molar-refractivity contribution in [2.75, 3.05) is 26.3 Å². The average molecular weight is 262 g/mol. The van der Waals surface area contributed by atoms with Crippen molar-refractivity contribution in [1.29, 1.82) is 0 Å². The minimum absolute atomic E-state index is 0.0478. The quantitative estimate of drug-likeness (QED) is 0.771. The van der Waals surface area contributed by atoms with Gasteiger partial charge < -0.3 is 10.1 Å². The van der Waals surface area contributed by atoms with Crippen LogP contribution in [0.5, 0.6) is 0 Å². The molecule has 0 aromatic heterocycles. The summed E-state index contributed by atoms with van der Waals surface area (Å²) in [5, 5.41) is 3.01. The molecule has 0 radical (unpaired) electrons. The number of hydrogen-bond acceptors (Lipinski definition) is 4. The van der Waals surface area contributed by atoms with Crippen LogP contribution in [-0.2, 0) is 14.8 Å². The second-order valence-electron chi connectivity index (χ2n) is 5.04. The van der Waals surface area contributed by atoms with Crippen LogP contribution >= 0.6 is 0 Å². The second kappa shape index (κ2) is 5.22. The molecular formula is C11H22N2O3S. The van der Waals surface area contributed by atoms with Crippen LogP contribution in [0.4, 0.5) is 0 Å². The molecule has 2 rings (SSSR count). The molecule has 0 aromatic carbocycles. The lowest BCUT2D eigenvalue weighted by Crippen LogP contribution is -2.59. The molecule has 2 aliphatic heterocycles. The second-order valence-corrected chi connectivity index (χ2v) is 7.16. The summed E-state index contributed by atoms with van der Waals surface area (Å²) in [4.78, 5) is 0. The molecule has 2 atom stereocenters. The first-order chi connectivity index (χ1) is 8.03.